The first-order valence-electron chi connectivity index (χ1n) is 20.6. The van der Waals surface area contributed by atoms with Crippen LogP contribution in [0, 0.1) is 11.8 Å². The van der Waals surface area contributed by atoms with Crippen molar-refractivity contribution in [1.82, 2.24) is 40.4 Å². The maximum absolute atomic E-state index is 14.0. The molecule has 0 saturated carbocycles. The first kappa shape index (κ1) is 39.8. The van der Waals surface area contributed by atoms with Crippen LogP contribution in [0.2, 0.25) is 0 Å². The molecule has 2 aromatic heterocycles. The van der Waals surface area contributed by atoms with Crippen LogP contribution in [0.1, 0.15) is 76.1 Å². The number of nitrogens with zero attached hydrogens (tertiary/aromatic N) is 4. The number of likely N-dealkylation sites (tertiary alicyclic amines) is 2. The summed E-state index contributed by atoms with van der Waals surface area (Å²) < 4.78 is 15.2. The van der Waals surface area contributed by atoms with Gasteiger partial charge in [-0.1, -0.05) is 44.2 Å². The Hall–Kier alpha value is -5.96. The number of aromatic nitrogens is 4. The summed E-state index contributed by atoms with van der Waals surface area (Å²) in [7, 11) is 2.60. The molecule has 0 bridgehead atoms. The molecule has 59 heavy (non-hydrogen) atoms. The van der Waals surface area contributed by atoms with E-state index >= 15 is 0 Å². The van der Waals surface area contributed by atoms with Crippen LogP contribution in [0.25, 0.3) is 44.2 Å². The normalized spacial score (nSPS) is 19.6. The molecule has 4 unspecified atom stereocenters. The Morgan fingerprint density at radius 3 is 2.05 bits per heavy atom. The van der Waals surface area contributed by atoms with Gasteiger partial charge in [0.2, 0.25) is 11.8 Å². The summed E-state index contributed by atoms with van der Waals surface area (Å²) >= 11 is 0. The van der Waals surface area contributed by atoms with Gasteiger partial charge >= 0.3 is 12.2 Å². The minimum absolute atomic E-state index is 0.0300. The monoisotopic (exact) mass is 804 g/mol. The second-order valence-electron chi connectivity index (χ2n) is 16.1. The van der Waals surface area contributed by atoms with Crippen molar-refractivity contribution in [1.29, 1.82) is 0 Å². The lowest BCUT2D eigenvalue weighted by Crippen LogP contribution is -2.53. The number of hydrogen-bond donors (Lipinski definition) is 4. The third-order valence-electron chi connectivity index (χ3n) is 12.1. The molecule has 0 radical (unpaired) electrons. The standard InChI is InChI=1S/C44H52N8O7/c1-25(2)37(49-43(55)57-3)41(53)52-18-6-8-36(52)40-46-32-14-13-30(23-33(32)47-40)28-9-10-29-22-31(12-11-27(29)21-28)34-24-45-39(48-34)35-7-5-17-51(35)42(54)38(50-44(56)58-4)26-15-19-59-20-16-26/h9-14,21-26,35-38H,5-8,15-20H2,1-4H3,(H,45,48)(H,46,47)(H,49,55)(H,50,56). The van der Waals surface area contributed by atoms with E-state index < -0.39 is 24.3 Å². The first-order chi connectivity index (χ1) is 28.6. The predicted molar refractivity (Wildman–Crippen MR) is 221 cm³/mol. The number of ether oxygens (including phenoxy) is 3. The maximum Gasteiger partial charge on any atom is 0.407 e. The van der Waals surface area contributed by atoms with E-state index in [1.807, 2.05) is 35.9 Å². The summed E-state index contributed by atoms with van der Waals surface area (Å²) in [6.07, 6.45) is 5.21. The van der Waals surface area contributed by atoms with Gasteiger partial charge in [0.1, 0.15) is 23.7 Å². The van der Waals surface area contributed by atoms with E-state index in [0.717, 1.165) is 81.5 Å². The number of rotatable bonds is 10. The number of carbonyl (C=O) groups excluding carboxylic acids is 4. The highest BCUT2D eigenvalue weighted by Gasteiger charge is 2.41. The Morgan fingerprint density at radius 2 is 1.36 bits per heavy atom. The summed E-state index contributed by atoms with van der Waals surface area (Å²) in [4.78, 5) is 72.3. The van der Waals surface area contributed by atoms with Crippen molar-refractivity contribution in [2.45, 2.75) is 76.5 Å². The molecule has 15 heteroatoms. The SMILES string of the molecule is COC(=O)NC(C(=O)N1CCCC1c1nc2ccc(-c3ccc4cc(-c5cnc(C6CCCN6C(=O)C(NC(=O)OC)C6CCOCC6)[nH]5)ccc4c3)cc2[nH]1)C(C)C. The highest BCUT2D eigenvalue weighted by atomic mass is 16.5. The topological polar surface area (TPSA) is 184 Å². The molecule has 4 atom stereocenters. The van der Waals surface area contributed by atoms with E-state index in [-0.39, 0.29) is 35.7 Å². The fourth-order valence-electron chi connectivity index (χ4n) is 8.91. The van der Waals surface area contributed by atoms with Gasteiger partial charge in [-0.2, -0.15) is 0 Å². The van der Waals surface area contributed by atoms with Gasteiger partial charge in [-0.3, -0.25) is 9.59 Å². The van der Waals surface area contributed by atoms with Crippen LogP contribution in [-0.2, 0) is 23.8 Å². The van der Waals surface area contributed by atoms with Gasteiger partial charge < -0.3 is 44.6 Å². The Bertz CT molecular complexity index is 2350. The number of carbonyl (C=O) groups is 4. The van der Waals surface area contributed by atoms with Crippen LogP contribution in [0.15, 0.2) is 60.8 Å². The fraction of sp³-hybridized carbons (Fsp3) is 0.455. The lowest BCUT2D eigenvalue weighted by molar-refractivity contribution is -0.137. The number of aromatic amines is 2. The molecule has 5 aromatic rings. The second-order valence-corrected chi connectivity index (χ2v) is 16.1. The van der Waals surface area contributed by atoms with Crippen molar-refractivity contribution >= 4 is 45.8 Å². The highest BCUT2D eigenvalue weighted by Crippen LogP contribution is 2.36. The lowest BCUT2D eigenvalue weighted by Gasteiger charge is -2.34. The molecule has 3 aromatic carbocycles. The molecule has 3 aliphatic heterocycles. The molecule has 5 heterocycles. The van der Waals surface area contributed by atoms with Gasteiger partial charge in [-0.05, 0) is 96.5 Å². The summed E-state index contributed by atoms with van der Waals surface area (Å²) in [6, 6.07) is 17.1. The Kier molecular flexibility index (Phi) is 11.5. The molecule has 8 rings (SSSR count). The molecule has 3 fully saturated rings. The van der Waals surface area contributed by atoms with Crippen LogP contribution >= 0.6 is 0 Å². The number of methoxy groups -OCH3 is 2. The Labute approximate surface area is 342 Å². The van der Waals surface area contributed by atoms with Crippen molar-refractivity contribution in [2.75, 3.05) is 40.5 Å². The van der Waals surface area contributed by atoms with Gasteiger partial charge in [0.25, 0.3) is 0 Å². The number of hydrogen-bond acceptors (Lipinski definition) is 9. The molecule has 3 saturated heterocycles. The lowest BCUT2D eigenvalue weighted by atomic mass is 9.90. The van der Waals surface area contributed by atoms with Crippen molar-refractivity contribution in [3.8, 4) is 22.4 Å². The number of alkyl carbamates (subject to hydrolysis) is 2. The summed E-state index contributed by atoms with van der Waals surface area (Å²) in [5.74, 6) is 1.07. The molecule has 3 aliphatic rings. The Morgan fingerprint density at radius 1 is 0.746 bits per heavy atom. The smallest absolute Gasteiger partial charge is 0.407 e. The largest absolute Gasteiger partial charge is 0.453 e. The first-order valence-corrected chi connectivity index (χ1v) is 20.6. The average molecular weight is 805 g/mol. The van der Waals surface area contributed by atoms with Gasteiger partial charge in [0.05, 0.1) is 49.2 Å². The summed E-state index contributed by atoms with van der Waals surface area (Å²) in [6.45, 7) is 6.11. The number of H-pyrrole nitrogens is 2. The highest BCUT2D eigenvalue weighted by molar-refractivity contribution is 5.92. The fourth-order valence-corrected chi connectivity index (χ4v) is 8.91. The van der Waals surface area contributed by atoms with E-state index in [2.05, 4.69) is 69.1 Å². The van der Waals surface area contributed by atoms with Gasteiger partial charge in [0.15, 0.2) is 0 Å². The third-order valence-corrected chi connectivity index (χ3v) is 12.1. The zero-order chi connectivity index (χ0) is 41.2. The number of amides is 4. The number of fused-ring (bicyclic) bond motifs is 2. The molecular weight excluding hydrogens is 753 g/mol. The summed E-state index contributed by atoms with van der Waals surface area (Å²) in [5.41, 5.74) is 5.65. The molecule has 4 amide bonds. The predicted octanol–water partition coefficient (Wildman–Crippen LogP) is 6.63. The molecule has 4 N–H and O–H groups in total. The van der Waals surface area contributed by atoms with Gasteiger partial charge in [-0.25, -0.2) is 19.6 Å². The zero-order valence-electron chi connectivity index (χ0n) is 34.0. The minimum atomic E-state index is -0.695. The maximum atomic E-state index is 14.0. The molecule has 0 aliphatic carbocycles. The Balaban J connectivity index is 0.977. The summed E-state index contributed by atoms with van der Waals surface area (Å²) in [5, 5.41) is 7.68. The van der Waals surface area contributed by atoms with Crippen LogP contribution in [-0.4, -0.2) is 106 Å². The van der Waals surface area contributed by atoms with Crippen molar-refractivity contribution in [2.24, 2.45) is 11.8 Å². The van der Waals surface area contributed by atoms with E-state index in [9.17, 15) is 19.2 Å². The molecular formula is C44H52N8O7. The quantitative estimate of drug-likeness (QED) is 0.120. The van der Waals surface area contributed by atoms with E-state index in [1.165, 1.54) is 14.2 Å². The van der Waals surface area contributed by atoms with E-state index in [1.54, 1.807) is 0 Å². The average Bonchev–Trinajstić information content (AvgIpc) is 4.10. The second kappa shape index (κ2) is 17.1. The van der Waals surface area contributed by atoms with Crippen LogP contribution in [0.5, 0.6) is 0 Å². The van der Waals surface area contributed by atoms with Crippen molar-refractivity contribution in [3.63, 3.8) is 0 Å². The number of nitrogens with one attached hydrogen (secondary N) is 4. The molecule has 0 spiro atoms. The van der Waals surface area contributed by atoms with Crippen molar-refractivity contribution < 1.29 is 33.4 Å². The molecule has 310 valence electrons. The van der Waals surface area contributed by atoms with Crippen LogP contribution in [0.4, 0.5) is 9.59 Å². The van der Waals surface area contributed by atoms with Crippen LogP contribution in [0.3, 0.4) is 0 Å². The van der Waals surface area contributed by atoms with Crippen molar-refractivity contribution in [3.05, 3.63) is 72.4 Å². The molecule has 15 nitrogen and oxygen atoms in total. The third kappa shape index (κ3) is 8.20. The van der Waals surface area contributed by atoms with E-state index in [0.29, 0.717) is 39.1 Å². The number of imidazole rings is 2. The number of benzene rings is 3. The van der Waals surface area contributed by atoms with Crippen LogP contribution < -0.4 is 10.6 Å². The van der Waals surface area contributed by atoms with E-state index in [4.69, 9.17) is 24.2 Å². The minimum Gasteiger partial charge on any atom is -0.453 e. The zero-order valence-corrected chi connectivity index (χ0v) is 34.0. The van der Waals surface area contributed by atoms with Gasteiger partial charge in [-0.15, -0.1) is 0 Å². The van der Waals surface area contributed by atoms with Gasteiger partial charge in [0, 0.05) is 31.9 Å².